The average Bonchev–Trinajstić information content (AvgIpc) is 3.18. The summed E-state index contributed by atoms with van der Waals surface area (Å²) in [6.07, 6.45) is 14.6. The fraction of sp³-hybridized carbons (Fsp3) is 0.577. The second-order valence-electron chi connectivity index (χ2n) is 8.42. The van der Waals surface area contributed by atoms with Gasteiger partial charge in [-0.25, -0.2) is 0 Å². The molecule has 0 aromatic heterocycles. The molecule has 2 atom stereocenters. The standard InChI is InChI=1S/C26H36O3S2/c1-4-5-6-7-8-9-10-11-14-20-18-23(27)22-17-21(31-26(22)30-20)16-19-13-12-15-24(28-2)25(19)29-3/h4,12-13,15,20-21H,1,5-11,14,16-18H2,2-3H3. The molecule has 0 fully saturated rings. The molecule has 3 rings (SSSR count). The number of allylic oxidation sites excluding steroid dienone is 2. The highest BCUT2D eigenvalue weighted by Crippen LogP contribution is 2.52. The van der Waals surface area contributed by atoms with Crippen LogP contribution in [0.15, 0.2) is 40.7 Å². The van der Waals surface area contributed by atoms with Gasteiger partial charge in [-0.05, 0) is 43.7 Å². The van der Waals surface area contributed by atoms with Crippen molar-refractivity contribution in [3.8, 4) is 11.5 Å². The molecule has 2 aliphatic rings. The second kappa shape index (κ2) is 12.6. The normalized spacial score (nSPS) is 20.6. The number of rotatable bonds is 13. The van der Waals surface area contributed by atoms with E-state index in [1.54, 1.807) is 14.2 Å². The molecule has 0 bridgehead atoms. The van der Waals surface area contributed by atoms with Gasteiger partial charge in [-0.2, -0.15) is 0 Å². The van der Waals surface area contributed by atoms with Crippen molar-refractivity contribution in [2.24, 2.45) is 0 Å². The molecule has 5 heteroatoms. The fourth-order valence-corrected chi connectivity index (χ4v) is 7.78. The maximum absolute atomic E-state index is 12.8. The number of para-hydroxylation sites is 1. The molecule has 2 unspecified atom stereocenters. The van der Waals surface area contributed by atoms with Crippen molar-refractivity contribution < 1.29 is 14.3 Å². The van der Waals surface area contributed by atoms with Gasteiger partial charge in [-0.3, -0.25) is 4.79 Å². The largest absolute Gasteiger partial charge is 0.493 e. The van der Waals surface area contributed by atoms with E-state index < -0.39 is 0 Å². The minimum Gasteiger partial charge on any atom is -0.493 e. The Morgan fingerprint density at radius 3 is 2.48 bits per heavy atom. The third-order valence-corrected chi connectivity index (χ3v) is 8.99. The Balaban J connectivity index is 1.45. The van der Waals surface area contributed by atoms with Crippen molar-refractivity contribution in [1.82, 2.24) is 0 Å². The number of hydrogen-bond acceptors (Lipinski definition) is 5. The number of thioether (sulfide) groups is 2. The van der Waals surface area contributed by atoms with Crippen LogP contribution in [-0.4, -0.2) is 30.5 Å². The molecule has 3 nitrogen and oxygen atoms in total. The second-order valence-corrected chi connectivity index (χ2v) is 11.3. The summed E-state index contributed by atoms with van der Waals surface area (Å²) in [5, 5.41) is 0.862. The lowest BCUT2D eigenvalue weighted by molar-refractivity contribution is -0.115. The minimum atomic E-state index is 0.385. The first-order valence-corrected chi connectivity index (χ1v) is 13.3. The molecule has 1 aromatic carbocycles. The smallest absolute Gasteiger partial charge is 0.163 e. The SMILES string of the molecule is C=CCCCCCCCCC1CC(=O)C2=C(S1)SC(Cc1cccc(OC)c1OC)C2. The highest BCUT2D eigenvalue weighted by atomic mass is 32.2. The minimum absolute atomic E-state index is 0.385. The number of ether oxygens (including phenoxy) is 2. The quantitative estimate of drug-likeness (QED) is 0.227. The summed E-state index contributed by atoms with van der Waals surface area (Å²) in [5.74, 6) is 1.97. The van der Waals surface area contributed by atoms with Crippen LogP contribution in [0.5, 0.6) is 11.5 Å². The van der Waals surface area contributed by atoms with Gasteiger partial charge in [-0.1, -0.05) is 50.3 Å². The summed E-state index contributed by atoms with van der Waals surface area (Å²) in [6, 6.07) is 6.05. The molecule has 0 aliphatic carbocycles. The summed E-state index contributed by atoms with van der Waals surface area (Å²) < 4.78 is 12.3. The molecule has 2 heterocycles. The third kappa shape index (κ3) is 6.82. The number of carbonyl (C=O) groups is 1. The summed E-state index contributed by atoms with van der Waals surface area (Å²) in [7, 11) is 3.36. The Morgan fingerprint density at radius 1 is 1.00 bits per heavy atom. The zero-order chi connectivity index (χ0) is 22.1. The van der Waals surface area contributed by atoms with Gasteiger partial charge in [0.15, 0.2) is 17.3 Å². The number of ketones is 1. The molecular weight excluding hydrogens is 424 g/mol. The van der Waals surface area contributed by atoms with Crippen molar-refractivity contribution in [2.75, 3.05) is 14.2 Å². The highest BCUT2D eigenvalue weighted by molar-refractivity contribution is 8.23. The van der Waals surface area contributed by atoms with Gasteiger partial charge in [-0.15, -0.1) is 30.1 Å². The van der Waals surface area contributed by atoms with Crippen LogP contribution < -0.4 is 9.47 Å². The van der Waals surface area contributed by atoms with E-state index in [1.165, 1.54) is 42.8 Å². The van der Waals surface area contributed by atoms with E-state index in [2.05, 4.69) is 12.6 Å². The van der Waals surface area contributed by atoms with E-state index in [1.807, 2.05) is 41.7 Å². The lowest BCUT2D eigenvalue weighted by Gasteiger charge is -2.21. The van der Waals surface area contributed by atoms with Crippen LogP contribution in [-0.2, 0) is 11.2 Å². The highest BCUT2D eigenvalue weighted by Gasteiger charge is 2.36. The van der Waals surface area contributed by atoms with Gasteiger partial charge in [0.25, 0.3) is 0 Å². The Bertz CT molecular complexity index is 787. The van der Waals surface area contributed by atoms with E-state index in [4.69, 9.17) is 9.47 Å². The third-order valence-electron chi connectivity index (χ3n) is 6.09. The molecule has 0 N–H and O–H groups in total. The van der Waals surface area contributed by atoms with Gasteiger partial charge < -0.3 is 9.47 Å². The maximum Gasteiger partial charge on any atom is 0.163 e. The van der Waals surface area contributed by atoms with Crippen LogP contribution in [0.4, 0.5) is 0 Å². The molecule has 0 saturated heterocycles. The molecular formula is C26H36O3S2. The van der Waals surface area contributed by atoms with E-state index in [9.17, 15) is 4.79 Å². The Morgan fingerprint density at radius 2 is 1.74 bits per heavy atom. The first-order chi connectivity index (χ1) is 15.2. The van der Waals surface area contributed by atoms with E-state index in [-0.39, 0.29) is 0 Å². The van der Waals surface area contributed by atoms with E-state index >= 15 is 0 Å². The van der Waals surface area contributed by atoms with Crippen LogP contribution in [0, 0.1) is 0 Å². The number of benzene rings is 1. The first-order valence-electron chi connectivity index (χ1n) is 11.6. The predicted molar refractivity (Wildman–Crippen MR) is 134 cm³/mol. The number of hydrogen-bond donors (Lipinski definition) is 0. The average molecular weight is 461 g/mol. The number of unbranched alkanes of at least 4 members (excludes halogenated alkanes) is 6. The topological polar surface area (TPSA) is 35.5 Å². The number of carbonyl (C=O) groups excluding carboxylic acids is 1. The van der Waals surface area contributed by atoms with Crippen LogP contribution in [0.3, 0.4) is 0 Å². The van der Waals surface area contributed by atoms with Crippen molar-refractivity contribution in [2.45, 2.75) is 81.1 Å². The van der Waals surface area contributed by atoms with Gasteiger partial charge in [0.2, 0.25) is 0 Å². The maximum atomic E-state index is 12.8. The Kier molecular flexibility index (Phi) is 9.92. The first kappa shape index (κ1) is 24.3. The van der Waals surface area contributed by atoms with Gasteiger partial charge in [0, 0.05) is 26.7 Å². The predicted octanol–water partition coefficient (Wildman–Crippen LogP) is 7.34. The van der Waals surface area contributed by atoms with Gasteiger partial charge in [0.05, 0.1) is 14.2 Å². The Hall–Kier alpha value is -1.33. The summed E-state index contributed by atoms with van der Waals surface area (Å²) in [6.45, 7) is 3.78. The van der Waals surface area contributed by atoms with Gasteiger partial charge in [0.1, 0.15) is 0 Å². The fourth-order valence-electron chi connectivity index (χ4n) is 4.43. The lowest BCUT2D eigenvalue weighted by atomic mass is 9.98. The van der Waals surface area contributed by atoms with Crippen molar-refractivity contribution in [3.63, 3.8) is 0 Å². The zero-order valence-corrected chi connectivity index (χ0v) is 20.6. The van der Waals surface area contributed by atoms with Crippen LogP contribution in [0.1, 0.15) is 69.8 Å². The zero-order valence-electron chi connectivity index (χ0n) is 19.0. The number of methoxy groups -OCH3 is 2. The number of Topliss-reactive ketones (excluding diaryl/α,β-unsaturated/α-hetero) is 1. The molecule has 170 valence electrons. The molecule has 0 saturated carbocycles. The molecule has 0 amide bonds. The molecule has 2 aliphatic heterocycles. The van der Waals surface area contributed by atoms with Crippen LogP contribution >= 0.6 is 23.5 Å². The van der Waals surface area contributed by atoms with Crippen molar-refractivity contribution in [3.05, 3.63) is 46.2 Å². The van der Waals surface area contributed by atoms with Crippen molar-refractivity contribution >= 4 is 29.3 Å². The van der Waals surface area contributed by atoms with E-state index in [0.717, 1.165) is 54.7 Å². The Labute approximate surface area is 196 Å². The molecule has 0 radical (unpaired) electrons. The molecule has 1 aromatic rings. The summed E-state index contributed by atoms with van der Waals surface area (Å²) in [5.41, 5.74) is 2.24. The van der Waals surface area contributed by atoms with Gasteiger partial charge >= 0.3 is 0 Å². The van der Waals surface area contributed by atoms with Crippen LogP contribution in [0.2, 0.25) is 0 Å². The monoisotopic (exact) mass is 460 g/mol. The molecule has 0 spiro atoms. The van der Waals surface area contributed by atoms with E-state index in [0.29, 0.717) is 16.3 Å². The van der Waals surface area contributed by atoms with Crippen molar-refractivity contribution in [1.29, 1.82) is 0 Å². The lowest BCUT2D eigenvalue weighted by Crippen LogP contribution is -2.17. The molecule has 31 heavy (non-hydrogen) atoms. The summed E-state index contributed by atoms with van der Waals surface area (Å²) >= 11 is 3.87. The summed E-state index contributed by atoms with van der Waals surface area (Å²) in [4.78, 5) is 12.8. The van der Waals surface area contributed by atoms with Crippen LogP contribution in [0.25, 0.3) is 0 Å².